The summed E-state index contributed by atoms with van der Waals surface area (Å²) in [6.45, 7) is 0.982. The van der Waals surface area contributed by atoms with Crippen LogP contribution in [0.5, 0.6) is 0 Å². The van der Waals surface area contributed by atoms with Crippen LogP contribution in [-0.2, 0) is 22.5 Å². The molecule has 0 aliphatic heterocycles. The summed E-state index contributed by atoms with van der Waals surface area (Å²) >= 11 is 0. The third-order valence-corrected chi connectivity index (χ3v) is 4.38. The van der Waals surface area contributed by atoms with Gasteiger partial charge >= 0.3 is 5.97 Å². The van der Waals surface area contributed by atoms with Gasteiger partial charge in [0.05, 0.1) is 13.5 Å². The van der Waals surface area contributed by atoms with Gasteiger partial charge in [-0.25, -0.2) is 0 Å². The molecule has 4 heteroatoms. The van der Waals surface area contributed by atoms with Crippen molar-refractivity contribution in [3.05, 3.63) is 35.4 Å². The molecule has 0 spiro atoms. The summed E-state index contributed by atoms with van der Waals surface area (Å²) in [7, 11) is 1.41. The second-order valence-corrected chi connectivity index (χ2v) is 5.74. The molecule has 1 aromatic carbocycles. The number of hydrogen-bond acceptors (Lipinski definition) is 4. The normalized spacial score (nSPS) is 22.0. The molecule has 21 heavy (non-hydrogen) atoms. The Hall–Kier alpha value is -1.39. The van der Waals surface area contributed by atoms with E-state index in [4.69, 9.17) is 4.74 Å². The Kier molecular flexibility index (Phi) is 6.21. The van der Waals surface area contributed by atoms with E-state index in [2.05, 4.69) is 5.32 Å². The topological polar surface area (TPSA) is 58.6 Å². The minimum Gasteiger partial charge on any atom is -0.469 e. The van der Waals surface area contributed by atoms with Crippen molar-refractivity contribution >= 4 is 5.97 Å². The zero-order valence-electron chi connectivity index (χ0n) is 12.7. The number of carbonyl (C=O) groups excluding carboxylic acids is 1. The maximum absolute atomic E-state index is 11.5. The number of methoxy groups -OCH3 is 1. The maximum Gasteiger partial charge on any atom is 0.309 e. The van der Waals surface area contributed by atoms with Gasteiger partial charge in [-0.3, -0.25) is 4.79 Å². The maximum atomic E-state index is 11.5. The van der Waals surface area contributed by atoms with Gasteiger partial charge in [-0.15, -0.1) is 0 Å². The molecule has 1 aromatic rings. The lowest BCUT2D eigenvalue weighted by Gasteiger charge is -2.31. The first kappa shape index (κ1) is 16.0. The first-order chi connectivity index (χ1) is 10.2. The number of esters is 1. The Balaban J connectivity index is 1.97. The van der Waals surface area contributed by atoms with Gasteiger partial charge in [0.1, 0.15) is 0 Å². The van der Waals surface area contributed by atoms with Crippen molar-refractivity contribution in [2.24, 2.45) is 5.92 Å². The molecule has 0 aromatic heterocycles. The molecule has 1 saturated carbocycles. The van der Waals surface area contributed by atoms with Crippen LogP contribution in [0.2, 0.25) is 0 Å². The van der Waals surface area contributed by atoms with Crippen LogP contribution in [0.4, 0.5) is 0 Å². The Morgan fingerprint density at radius 1 is 1.29 bits per heavy atom. The number of benzene rings is 1. The van der Waals surface area contributed by atoms with Gasteiger partial charge in [0.2, 0.25) is 0 Å². The molecule has 0 saturated heterocycles. The molecular formula is C17H25NO3. The third-order valence-electron chi connectivity index (χ3n) is 4.38. The first-order valence-electron chi connectivity index (χ1n) is 7.72. The van der Waals surface area contributed by atoms with E-state index in [1.807, 2.05) is 24.3 Å². The largest absolute Gasteiger partial charge is 0.469 e. The van der Waals surface area contributed by atoms with Crippen molar-refractivity contribution in [1.82, 2.24) is 5.32 Å². The molecule has 0 heterocycles. The molecule has 1 fully saturated rings. The lowest BCUT2D eigenvalue weighted by Crippen LogP contribution is -2.39. The number of ether oxygens (including phenoxy) is 1. The molecule has 0 amide bonds. The Labute approximate surface area is 126 Å². The van der Waals surface area contributed by atoms with E-state index >= 15 is 0 Å². The molecule has 4 nitrogen and oxygen atoms in total. The SMILES string of the molecule is COC(=O)Cc1ccccc1CNC1CCCCC1CO. The van der Waals surface area contributed by atoms with Crippen LogP contribution >= 0.6 is 0 Å². The summed E-state index contributed by atoms with van der Waals surface area (Å²) in [5, 5.41) is 13.0. The monoisotopic (exact) mass is 291 g/mol. The smallest absolute Gasteiger partial charge is 0.309 e. The van der Waals surface area contributed by atoms with Gasteiger partial charge in [0.15, 0.2) is 0 Å². The van der Waals surface area contributed by atoms with Gasteiger partial charge in [-0.1, -0.05) is 37.1 Å². The highest BCUT2D eigenvalue weighted by atomic mass is 16.5. The van der Waals surface area contributed by atoms with E-state index in [9.17, 15) is 9.90 Å². The lowest BCUT2D eigenvalue weighted by atomic mass is 9.85. The molecule has 2 N–H and O–H groups in total. The van der Waals surface area contributed by atoms with Crippen LogP contribution in [0.15, 0.2) is 24.3 Å². The highest BCUT2D eigenvalue weighted by Gasteiger charge is 2.24. The number of rotatable bonds is 6. The van der Waals surface area contributed by atoms with Crippen molar-refractivity contribution in [2.75, 3.05) is 13.7 Å². The summed E-state index contributed by atoms with van der Waals surface area (Å²) in [6, 6.07) is 8.32. The average molecular weight is 291 g/mol. The van der Waals surface area contributed by atoms with Crippen LogP contribution in [0.25, 0.3) is 0 Å². The minimum atomic E-state index is -0.214. The van der Waals surface area contributed by atoms with E-state index in [0.29, 0.717) is 18.4 Å². The summed E-state index contributed by atoms with van der Waals surface area (Å²) in [5.74, 6) is 0.139. The molecule has 0 radical (unpaired) electrons. The van der Waals surface area contributed by atoms with Gasteiger partial charge in [-0.05, 0) is 29.9 Å². The fourth-order valence-electron chi connectivity index (χ4n) is 3.07. The van der Waals surface area contributed by atoms with Crippen LogP contribution in [0, 0.1) is 5.92 Å². The van der Waals surface area contributed by atoms with Gasteiger partial charge in [0, 0.05) is 19.2 Å². The molecule has 2 unspecified atom stereocenters. The van der Waals surface area contributed by atoms with E-state index in [-0.39, 0.29) is 12.6 Å². The van der Waals surface area contributed by atoms with Gasteiger partial charge in [-0.2, -0.15) is 0 Å². The van der Waals surface area contributed by atoms with Crippen LogP contribution in [0.3, 0.4) is 0 Å². The predicted octanol–water partition coefficient (Wildman–Crippen LogP) is 2.04. The molecule has 1 aliphatic rings. The summed E-state index contributed by atoms with van der Waals surface area (Å²) in [4.78, 5) is 11.5. The fraction of sp³-hybridized carbons (Fsp3) is 0.588. The van der Waals surface area contributed by atoms with E-state index in [1.165, 1.54) is 20.0 Å². The van der Waals surface area contributed by atoms with Crippen LogP contribution in [0.1, 0.15) is 36.8 Å². The van der Waals surface area contributed by atoms with Crippen molar-refractivity contribution in [2.45, 2.75) is 44.7 Å². The molecule has 2 rings (SSSR count). The van der Waals surface area contributed by atoms with Crippen molar-refractivity contribution in [3.8, 4) is 0 Å². The zero-order valence-corrected chi connectivity index (χ0v) is 12.7. The summed E-state index contributed by atoms with van der Waals surface area (Å²) in [6.07, 6.45) is 4.95. The fourth-order valence-corrected chi connectivity index (χ4v) is 3.07. The number of nitrogens with one attached hydrogen (secondary N) is 1. The Morgan fingerprint density at radius 3 is 2.71 bits per heavy atom. The standard InChI is InChI=1S/C17H25NO3/c1-21-17(20)10-13-6-2-3-7-14(13)11-18-16-9-5-4-8-15(16)12-19/h2-3,6-7,15-16,18-19H,4-5,8-12H2,1H3. The highest BCUT2D eigenvalue weighted by Crippen LogP contribution is 2.24. The zero-order chi connectivity index (χ0) is 15.1. The summed E-state index contributed by atoms with van der Waals surface area (Å²) < 4.78 is 4.75. The van der Waals surface area contributed by atoms with Gasteiger partial charge < -0.3 is 15.2 Å². The highest BCUT2D eigenvalue weighted by molar-refractivity contribution is 5.72. The van der Waals surface area contributed by atoms with E-state index in [1.54, 1.807) is 0 Å². The third kappa shape index (κ3) is 4.55. The van der Waals surface area contributed by atoms with E-state index < -0.39 is 0 Å². The Morgan fingerprint density at radius 2 is 2.00 bits per heavy atom. The second-order valence-electron chi connectivity index (χ2n) is 5.74. The number of carbonyl (C=O) groups is 1. The Bertz CT molecular complexity index is 461. The van der Waals surface area contributed by atoms with Crippen LogP contribution < -0.4 is 5.32 Å². The molecular weight excluding hydrogens is 266 g/mol. The summed E-state index contributed by atoms with van der Waals surface area (Å²) in [5.41, 5.74) is 2.14. The average Bonchev–Trinajstić information content (AvgIpc) is 2.54. The van der Waals surface area contributed by atoms with Crippen molar-refractivity contribution in [1.29, 1.82) is 0 Å². The minimum absolute atomic E-state index is 0.214. The van der Waals surface area contributed by atoms with Crippen LogP contribution in [-0.4, -0.2) is 30.8 Å². The second kappa shape index (κ2) is 8.15. The molecule has 0 bridgehead atoms. The van der Waals surface area contributed by atoms with Crippen molar-refractivity contribution in [3.63, 3.8) is 0 Å². The lowest BCUT2D eigenvalue weighted by molar-refractivity contribution is -0.139. The van der Waals surface area contributed by atoms with Gasteiger partial charge in [0.25, 0.3) is 0 Å². The van der Waals surface area contributed by atoms with Crippen molar-refractivity contribution < 1.29 is 14.6 Å². The first-order valence-corrected chi connectivity index (χ1v) is 7.72. The quantitative estimate of drug-likeness (QED) is 0.788. The van der Waals surface area contributed by atoms with E-state index in [0.717, 1.165) is 30.5 Å². The predicted molar refractivity (Wildman–Crippen MR) is 81.8 cm³/mol. The molecule has 1 aliphatic carbocycles. The molecule has 2 atom stereocenters. The molecule has 116 valence electrons. The number of aliphatic hydroxyl groups is 1. The number of aliphatic hydroxyl groups excluding tert-OH is 1. The number of hydrogen-bond donors (Lipinski definition) is 2.